The molecule has 0 N–H and O–H groups in total. The molecule has 1 heterocycles. The van der Waals surface area contributed by atoms with E-state index in [-0.39, 0.29) is 0 Å². The summed E-state index contributed by atoms with van der Waals surface area (Å²) in [5.74, 6) is 1.45. The Morgan fingerprint density at radius 3 is 2.58 bits per heavy atom. The topological polar surface area (TPSA) is 53.4 Å². The number of ether oxygens (including phenoxy) is 2. The fourth-order valence-corrected chi connectivity index (χ4v) is 1.66. The summed E-state index contributed by atoms with van der Waals surface area (Å²) in [6, 6.07) is 9.21. The number of aromatic nitrogens is 2. The standard InChI is InChI=1S/C14H16N2O3/c1-2-18-13-5-3-4-6-14(13)19-10-9-16-8-7-12(11-17)15-16/h3-8,11H,2,9-10H2,1H3. The molecule has 5 heteroatoms. The summed E-state index contributed by atoms with van der Waals surface area (Å²) < 4.78 is 12.8. The number of hydrogen-bond donors (Lipinski definition) is 0. The second-order valence-electron chi connectivity index (χ2n) is 3.85. The molecule has 1 aromatic heterocycles. The molecule has 19 heavy (non-hydrogen) atoms. The van der Waals surface area contributed by atoms with Crippen LogP contribution in [0.15, 0.2) is 36.5 Å². The third kappa shape index (κ3) is 3.58. The van der Waals surface area contributed by atoms with Gasteiger partial charge in [0, 0.05) is 6.20 Å². The van der Waals surface area contributed by atoms with Gasteiger partial charge in [-0.25, -0.2) is 0 Å². The molecule has 2 aromatic rings. The smallest absolute Gasteiger partial charge is 0.170 e. The van der Waals surface area contributed by atoms with E-state index < -0.39 is 0 Å². The quantitative estimate of drug-likeness (QED) is 0.716. The fraction of sp³-hybridized carbons (Fsp3) is 0.286. The van der Waals surface area contributed by atoms with Crippen LogP contribution >= 0.6 is 0 Å². The van der Waals surface area contributed by atoms with Crippen molar-refractivity contribution in [2.24, 2.45) is 0 Å². The van der Waals surface area contributed by atoms with E-state index in [1.54, 1.807) is 16.9 Å². The Hall–Kier alpha value is -2.30. The van der Waals surface area contributed by atoms with E-state index in [1.165, 1.54) is 0 Å². The largest absolute Gasteiger partial charge is 0.490 e. The monoisotopic (exact) mass is 260 g/mol. The third-order valence-electron chi connectivity index (χ3n) is 2.51. The number of carbonyl (C=O) groups excluding carboxylic acids is 1. The van der Waals surface area contributed by atoms with Gasteiger partial charge in [-0.3, -0.25) is 9.48 Å². The summed E-state index contributed by atoms with van der Waals surface area (Å²) in [6.07, 6.45) is 2.48. The van der Waals surface area contributed by atoms with Crippen LogP contribution in [0.25, 0.3) is 0 Å². The summed E-state index contributed by atoms with van der Waals surface area (Å²) in [7, 11) is 0. The van der Waals surface area contributed by atoms with E-state index in [0.29, 0.717) is 31.2 Å². The molecule has 0 unspecified atom stereocenters. The van der Waals surface area contributed by atoms with Crippen molar-refractivity contribution in [3.63, 3.8) is 0 Å². The van der Waals surface area contributed by atoms with E-state index in [2.05, 4.69) is 5.10 Å². The molecule has 0 bridgehead atoms. The van der Waals surface area contributed by atoms with Crippen LogP contribution in [0.5, 0.6) is 11.5 Å². The molecule has 0 radical (unpaired) electrons. The minimum atomic E-state index is 0.426. The highest BCUT2D eigenvalue weighted by molar-refractivity contribution is 5.71. The van der Waals surface area contributed by atoms with E-state index in [1.807, 2.05) is 31.2 Å². The van der Waals surface area contributed by atoms with Gasteiger partial charge in [0.1, 0.15) is 12.3 Å². The van der Waals surface area contributed by atoms with E-state index in [0.717, 1.165) is 12.0 Å². The Labute approximate surface area is 111 Å². The molecule has 0 aliphatic carbocycles. The number of benzene rings is 1. The van der Waals surface area contributed by atoms with Crippen LogP contribution in [0.2, 0.25) is 0 Å². The maximum absolute atomic E-state index is 10.5. The minimum Gasteiger partial charge on any atom is -0.490 e. The van der Waals surface area contributed by atoms with E-state index >= 15 is 0 Å². The lowest BCUT2D eigenvalue weighted by atomic mass is 10.3. The molecule has 0 saturated heterocycles. The number of aldehydes is 1. The van der Waals surface area contributed by atoms with Crippen LogP contribution in [0, 0.1) is 0 Å². The van der Waals surface area contributed by atoms with Crippen molar-refractivity contribution in [3.8, 4) is 11.5 Å². The first-order chi connectivity index (χ1) is 9.33. The Morgan fingerprint density at radius 1 is 1.21 bits per heavy atom. The first-order valence-corrected chi connectivity index (χ1v) is 6.16. The zero-order chi connectivity index (χ0) is 13.5. The van der Waals surface area contributed by atoms with Crippen LogP contribution in [-0.4, -0.2) is 29.3 Å². The Bertz CT molecular complexity index is 537. The van der Waals surface area contributed by atoms with Crippen LogP contribution < -0.4 is 9.47 Å². The first kappa shape index (κ1) is 13.1. The van der Waals surface area contributed by atoms with Crippen molar-refractivity contribution in [2.45, 2.75) is 13.5 Å². The summed E-state index contributed by atoms with van der Waals surface area (Å²) in [6.45, 7) is 3.57. The third-order valence-corrected chi connectivity index (χ3v) is 2.51. The van der Waals surface area contributed by atoms with Crippen molar-refractivity contribution in [1.82, 2.24) is 9.78 Å². The SMILES string of the molecule is CCOc1ccccc1OCCn1ccc(C=O)n1. The van der Waals surface area contributed by atoms with Gasteiger partial charge in [-0.2, -0.15) is 5.10 Å². The highest BCUT2D eigenvalue weighted by Crippen LogP contribution is 2.26. The minimum absolute atomic E-state index is 0.426. The molecule has 0 fully saturated rings. The Balaban J connectivity index is 1.90. The predicted molar refractivity (Wildman–Crippen MR) is 70.7 cm³/mol. The first-order valence-electron chi connectivity index (χ1n) is 6.16. The van der Waals surface area contributed by atoms with Gasteiger partial charge in [-0.1, -0.05) is 12.1 Å². The molecule has 2 rings (SSSR count). The maximum Gasteiger partial charge on any atom is 0.170 e. The Kier molecular flexibility index (Phi) is 4.55. The van der Waals surface area contributed by atoms with Crippen LogP contribution in [0.4, 0.5) is 0 Å². The van der Waals surface area contributed by atoms with Gasteiger partial charge in [-0.15, -0.1) is 0 Å². The maximum atomic E-state index is 10.5. The average molecular weight is 260 g/mol. The van der Waals surface area contributed by atoms with Crippen LogP contribution in [0.1, 0.15) is 17.4 Å². The van der Waals surface area contributed by atoms with Gasteiger partial charge >= 0.3 is 0 Å². The van der Waals surface area contributed by atoms with Crippen molar-refractivity contribution < 1.29 is 14.3 Å². The molecule has 0 aliphatic heterocycles. The second kappa shape index (κ2) is 6.58. The lowest BCUT2D eigenvalue weighted by Gasteiger charge is -2.11. The molecule has 1 aromatic carbocycles. The van der Waals surface area contributed by atoms with Crippen LogP contribution in [0.3, 0.4) is 0 Å². The summed E-state index contributed by atoms with van der Waals surface area (Å²) >= 11 is 0. The molecule has 0 aliphatic rings. The summed E-state index contributed by atoms with van der Waals surface area (Å²) in [4.78, 5) is 10.5. The van der Waals surface area contributed by atoms with Crippen molar-refractivity contribution in [2.75, 3.05) is 13.2 Å². The number of hydrogen-bond acceptors (Lipinski definition) is 4. The average Bonchev–Trinajstić information content (AvgIpc) is 2.89. The number of para-hydroxylation sites is 2. The molecule has 0 saturated carbocycles. The molecule has 0 amide bonds. The predicted octanol–water partition coefficient (Wildman–Crippen LogP) is 2.17. The molecule has 100 valence electrons. The van der Waals surface area contributed by atoms with E-state index in [4.69, 9.17) is 9.47 Å². The highest BCUT2D eigenvalue weighted by Gasteiger charge is 2.03. The number of carbonyl (C=O) groups is 1. The van der Waals surface area contributed by atoms with Gasteiger partial charge in [0.25, 0.3) is 0 Å². The fourth-order valence-electron chi connectivity index (χ4n) is 1.66. The second-order valence-corrected chi connectivity index (χ2v) is 3.85. The van der Waals surface area contributed by atoms with Gasteiger partial charge in [-0.05, 0) is 25.1 Å². The lowest BCUT2D eigenvalue weighted by Crippen LogP contribution is -2.09. The normalized spacial score (nSPS) is 10.2. The number of rotatable bonds is 7. The zero-order valence-corrected chi connectivity index (χ0v) is 10.8. The molecule has 0 spiro atoms. The van der Waals surface area contributed by atoms with E-state index in [9.17, 15) is 4.79 Å². The van der Waals surface area contributed by atoms with Crippen LogP contribution in [-0.2, 0) is 6.54 Å². The van der Waals surface area contributed by atoms with Gasteiger partial charge in [0.2, 0.25) is 0 Å². The molecule has 0 atom stereocenters. The van der Waals surface area contributed by atoms with Gasteiger partial charge < -0.3 is 9.47 Å². The molecule has 5 nitrogen and oxygen atoms in total. The van der Waals surface area contributed by atoms with Gasteiger partial charge in [0.05, 0.1) is 13.2 Å². The van der Waals surface area contributed by atoms with Crippen molar-refractivity contribution >= 4 is 6.29 Å². The molecular weight excluding hydrogens is 244 g/mol. The highest BCUT2D eigenvalue weighted by atomic mass is 16.5. The lowest BCUT2D eigenvalue weighted by molar-refractivity contribution is 0.111. The molecular formula is C14H16N2O3. The van der Waals surface area contributed by atoms with Crippen molar-refractivity contribution in [3.05, 3.63) is 42.2 Å². The van der Waals surface area contributed by atoms with Crippen molar-refractivity contribution in [1.29, 1.82) is 0 Å². The summed E-state index contributed by atoms with van der Waals surface area (Å²) in [5.41, 5.74) is 0.426. The Morgan fingerprint density at radius 2 is 1.95 bits per heavy atom. The number of nitrogens with zero attached hydrogens (tertiary/aromatic N) is 2. The summed E-state index contributed by atoms with van der Waals surface area (Å²) in [5, 5.41) is 4.06. The van der Waals surface area contributed by atoms with Gasteiger partial charge in [0.15, 0.2) is 17.8 Å². The zero-order valence-electron chi connectivity index (χ0n) is 10.8.